The van der Waals surface area contributed by atoms with Crippen LogP contribution >= 0.6 is 0 Å². The molecule has 0 bridgehead atoms. The van der Waals surface area contributed by atoms with E-state index in [9.17, 15) is 33.0 Å². The van der Waals surface area contributed by atoms with Gasteiger partial charge in [-0.3, -0.25) is 14.3 Å². The van der Waals surface area contributed by atoms with Crippen molar-refractivity contribution in [1.82, 2.24) is 4.57 Å². The van der Waals surface area contributed by atoms with E-state index in [1.807, 2.05) is 4.90 Å². The highest BCUT2D eigenvalue weighted by molar-refractivity contribution is 5.91. The van der Waals surface area contributed by atoms with Crippen LogP contribution in [-0.2, 0) is 12.6 Å². The molecule has 1 amide bonds. The number of aliphatic hydroxyl groups is 1. The fraction of sp³-hybridized carbons (Fsp3) is 0.308. The van der Waals surface area contributed by atoms with Gasteiger partial charge in [-0.2, -0.15) is 13.2 Å². The van der Waals surface area contributed by atoms with E-state index in [2.05, 4.69) is 0 Å². The smallest absolute Gasteiger partial charge is 0.418 e. The van der Waals surface area contributed by atoms with Gasteiger partial charge in [0.15, 0.2) is 0 Å². The number of halogens is 3. The van der Waals surface area contributed by atoms with Crippen LogP contribution in [0.4, 0.5) is 29.3 Å². The molecule has 0 saturated carbocycles. The lowest BCUT2D eigenvalue weighted by Crippen LogP contribution is -2.48. The number of methoxy groups -OCH3 is 1. The van der Waals surface area contributed by atoms with Gasteiger partial charge in [0.25, 0.3) is 5.56 Å². The molecule has 1 aromatic heterocycles. The Bertz CT molecular complexity index is 1430. The summed E-state index contributed by atoms with van der Waals surface area (Å²) in [5.74, 6) is 0.531. The van der Waals surface area contributed by atoms with Crippen LogP contribution in [0.2, 0.25) is 0 Å². The molecule has 3 aromatic rings. The Kier molecular flexibility index (Phi) is 6.10. The predicted octanol–water partition coefficient (Wildman–Crippen LogP) is 4.00. The first-order chi connectivity index (χ1) is 17.6. The number of amides is 1. The number of hydrogen-bond donors (Lipinski definition) is 2. The third kappa shape index (κ3) is 4.29. The number of rotatable bonds is 5. The van der Waals surface area contributed by atoms with E-state index >= 15 is 0 Å². The zero-order valence-corrected chi connectivity index (χ0v) is 19.8. The Balaban J connectivity index is 1.77. The van der Waals surface area contributed by atoms with Crippen molar-refractivity contribution >= 4 is 17.5 Å². The van der Waals surface area contributed by atoms with Crippen LogP contribution in [0.15, 0.2) is 53.5 Å². The number of hydrogen-bond acceptors (Lipinski definition) is 5. The third-order valence-electron chi connectivity index (χ3n) is 6.88. The Morgan fingerprint density at radius 1 is 1.16 bits per heavy atom. The topological polar surface area (TPSA) is 95.2 Å². The fourth-order valence-corrected chi connectivity index (χ4v) is 4.96. The lowest BCUT2D eigenvalue weighted by molar-refractivity contribution is -0.137. The van der Waals surface area contributed by atoms with Crippen molar-refractivity contribution in [2.75, 3.05) is 43.2 Å². The molecule has 37 heavy (non-hydrogen) atoms. The van der Waals surface area contributed by atoms with Gasteiger partial charge >= 0.3 is 12.3 Å². The summed E-state index contributed by atoms with van der Waals surface area (Å²) in [5, 5.41) is 19.1. The van der Waals surface area contributed by atoms with Crippen molar-refractivity contribution in [3.63, 3.8) is 0 Å². The van der Waals surface area contributed by atoms with Crippen LogP contribution in [0.1, 0.15) is 11.1 Å². The number of aliphatic hydroxyl groups excluding tert-OH is 1. The lowest BCUT2D eigenvalue weighted by Gasteiger charge is -2.40. The number of carbonyl (C=O) groups is 1. The number of alkyl halides is 3. The van der Waals surface area contributed by atoms with Crippen molar-refractivity contribution in [2.24, 2.45) is 5.92 Å². The number of benzene rings is 2. The van der Waals surface area contributed by atoms with Crippen LogP contribution in [0.25, 0.3) is 16.8 Å². The maximum Gasteiger partial charge on any atom is 0.418 e. The number of ether oxygens (including phenoxy) is 1. The maximum absolute atomic E-state index is 14.1. The average molecular weight is 515 g/mol. The number of pyridine rings is 1. The van der Waals surface area contributed by atoms with E-state index in [0.29, 0.717) is 41.2 Å². The Morgan fingerprint density at radius 2 is 1.92 bits per heavy atom. The van der Waals surface area contributed by atoms with Gasteiger partial charge in [-0.1, -0.05) is 12.1 Å². The van der Waals surface area contributed by atoms with E-state index < -0.39 is 29.1 Å². The minimum Gasteiger partial charge on any atom is -0.497 e. The second-order valence-electron chi connectivity index (χ2n) is 9.11. The highest BCUT2D eigenvalue weighted by Crippen LogP contribution is 2.40. The summed E-state index contributed by atoms with van der Waals surface area (Å²) in [7, 11) is 1.48. The molecule has 1 fully saturated rings. The van der Waals surface area contributed by atoms with Crippen molar-refractivity contribution in [3.05, 3.63) is 70.1 Å². The zero-order chi connectivity index (χ0) is 26.5. The summed E-state index contributed by atoms with van der Waals surface area (Å²) in [6, 6.07) is 10.4. The third-order valence-corrected chi connectivity index (χ3v) is 6.88. The number of anilines is 2. The molecule has 3 heterocycles. The van der Waals surface area contributed by atoms with Gasteiger partial charge < -0.3 is 19.8 Å². The van der Waals surface area contributed by atoms with E-state index in [1.165, 1.54) is 25.4 Å². The molecular formula is C26H24F3N3O5. The quantitative estimate of drug-likeness (QED) is 0.534. The molecular weight excluding hydrogens is 491 g/mol. The molecule has 0 atom stereocenters. The molecule has 2 aliphatic rings. The predicted molar refractivity (Wildman–Crippen MR) is 131 cm³/mol. The minimum absolute atomic E-state index is 0.0172. The van der Waals surface area contributed by atoms with Crippen LogP contribution in [0, 0.1) is 5.92 Å². The lowest BCUT2D eigenvalue weighted by atomic mass is 9.98. The summed E-state index contributed by atoms with van der Waals surface area (Å²) in [5.41, 5.74) is -0.472. The minimum atomic E-state index is -4.77. The van der Waals surface area contributed by atoms with Gasteiger partial charge in [0.2, 0.25) is 0 Å². The molecule has 11 heteroatoms. The van der Waals surface area contributed by atoms with E-state index in [-0.39, 0.29) is 31.2 Å². The van der Waals surface area contributed by atoms with Crippen LogP contribution in [0.5, 0.6) is 5.75 Å². The normalized spacial score (nSPS) is 15.5. The molecule has 0 unspecified atom stereocenters. The van der Waals surface area contributed by atoms with Crippen LogP contribution < -0.4 is 20.1 Å². The first-order valence-corrected chi connectivity index (χ1v) is 11.6. The summed E-state index contributed by atoms with van der Waals surface area (Å²) in [4.78, 5) is 28.3. The highest BCUT2D eigenvalue weighted by atomic mass is 19.4. The summed E-state index contributed by atoms with van der Waals surface area (Å²) < 4.78 is 48.6. The Labute approximate surface area is 209 Å². The van der Waals surface area contributed by atoms with Crippen LogP contribution in [0.3, 0.4) is 0 Å². The summed E-state index contributed by atoms with van der Waals surface area (Å²) >= 11 is 0. The molecule has 0 aliphatic carbocycles. The monoisotopic (exact) mass is 515 g/mol. The fourth-order valence-electron chi connectivity index (χ4n) is 4.96. The van der Waals surface area contributed by atoms with Crippen LogP contribution in [-0.4, -0.2) is 54.2 Å². The highest BCUT2D eigenvalue weighted by Gasteiger charge is 2.37. The number of nitrogens with zero attached hydrogens (tertiary/aromatic N) is 3. The molecule has 2 N–H and O–H groups in total. The van der Waals surface area contributed by atoms with Crippen molar-refractivity contribution < 1.29 is 32.9 Å². The molecule has 2 aliphatic heterocycles. The molecule has 2 aromatic carbocycles. The van der Waals surface area contributed by atoms with E-state index in [0.717, 1.165) is 15.5 Å². The van der Waals surface area contributed by atoms with Crippen molar-refractivity contribution in [2.45, 2.75) is 12.6 Å². The average Bonchev–Trinajstić information content (AvgIpc) is 3.29. The first-order valence-electron chi connectivity index (χ1n) is 11.6. The van der Waals surface area contributed by atoms with Gasteiger partial charge in [0, 0.05) is 49.6 Å². The first kappa shape index (κ1) is 24.7. The summed E-state index contributed by atoms with van der Waals surface area (Å²) in [6.45, 7) is 0.942. The molecule has 8 nitrogen and oxygen atoms in total. The molecule has 194 valence electrons. The SMILES string of the molecule is COc1cccc(-c2cn(-c3cc(N4CC(CO)C4)ccc3C(F)(F)F)c(=O)c3c2CCN3C(=O)O)c1. The number of carboxylic acid groups (broad SMARTS) is 1. The number of fused-ring (bicyclic) bond motifs is 1. The Hall–Kier alpha value is -3.99. The van der Waals surface area contributed by atoms with Gasteiger partial charge in [-0.25, -0.2) is 4.79 Å². The van der Waals surface area contributed by atoms with Gasteiger partial charge in [-0.05, 0) is 47.9 Å². The molecule has 0 radical (unpaired) electrons. The maximum atomic E-state index is 14.1. The van der Waals surface area contributed by atoms with E-state index in [4.69, 9.17) is 4.74 Å². The molecule has 0 spiro atoms. The van der Waals surface area contributed by atoms with Gasteiger partial charge in [0.1, 0.15) is 11.4 Å². The number of aromatic nitrogens is 1. The summed E-state index contributed by atoms with van der Waals surface area (Å²) in [6.07, 6.45) is -4.53. The van der Waals surface area contributed by atoms with Gasteiger partial charge in [-0.15, -0.1) is 0 Å². The zero-order valence-electron chi connectivity index (χ0n) is 19.8. The largest absolute Gasteiger partial charge is 0.497 e. The van der Waals surface area contributed by atoms with Crippen molar-refractivity contribution in [3.8, 4) is 22.6 Å². The van der Waals surface area contributed by atoms with Gasteiger partial charge in [0.05, 0.1) is 18.4 Å². The second-order valence-corrected chi connectivity index (χ2v) is 9.11. The van der Waals surface area contributed by atoms with Crippen molar-refractivity contribution in [1.29, 1.82) is 0 Å². The standard InChI is InChI=1S/C26H24F3N3O5/c1-37-18-4-2-3-16(9-18)20-13-32(24(34)23-19(20)7-8-31(23)25(35)36)22-10-17(30-11-15(12-30)14-33)5-6-21(22)26(27,28)29/h2-6,9-10,13,15,33H,7-8,11-12,14H2,1H3,(H,35,36). The van der Waals surface area contributed by atoms with E-state index in [1.54, 1.807) is 24.3 Å². The second kappa shape index (κ2) is 9.15. The molecule has 5 rings (SSSR count). The Morgan fingerprint density at radius 3 is 2.57 bits per heavy atom. The molecule has 1 saturated heterocycles.